The molecule has 0 spiro atoms. The Morgan fingerprint density at radius 2 is 1.23 bits per heavy atom. The number of fused-ring (bicyclic) bond motifs is 3. The first-order chi connectivity index (χ1) is 21.8. The highest BCUT2D eigenvalue weighted by Gasteiger charge is 2.38. The van der Waals surface area contributed by atoms with E-state index in [-0.39, 0.29) is 43.7 Å². The van der Waals surface area contributed by atoms with Gasteiger partial charge in [-0.15, -0.1) is 0 Å². The minimum absolute atomic E-state index is 0.0300. The zero-order chi connectivity index (χ0) is 35.2. The van der Waals surface area contributed by atoms with Gasteiger partial charge in [0.15, 0.2) is 0 Å². The number of rotatable bonds is 9. The van der Waals surface area contributed by atoms with Gasteiger partial charge in [-0.1, -0.05) is 48.5 Å². The van der Waals surface area contributed by atoms with Crippen LogP contribution >= 0.6 is 0 Å². The summed E-state index contributed by atoms with van der Waals surface area (Å²) in [5, 5.41) is 21.5. The van der Waals surface area contributed by atoms with Crippen LogP contribution in [0, 0.1) is 0 Å². The van der Waals surface area contributed by atoms with Gasteiger partial charge >= 0.3 is 36.6 Å². The van der Waals surface area contributed by atoms with Gasteiger partial charge in [-0.05, 0) is 59.0 Å². The maximum Gasteiger partial charge on any atom is 0.490 e. The van der Waals surface area contributed by atoms with Crippen LogP contribution in [0.4, 0.5) is 44.3 Å². The average Bonchev–Trinajstić information content (AvgIpc) is 3.30. The zero-order valence-corrected chi connectivity index (χ0v) is 23.8. The predicted octanol–water partition coefficient (Wildman–Crippen LogP) is 6.83. The molecule has 0 saturated heterocycles. The Morgan fingerprint density at radius 3 is 1.66 bits per heavy atom. The Morgan fingerprint density at radius 1 is 0.766 bits per heavy atom. The lowest BCUT2D eigenvalue weighted by Gasteiger charge is -2.18. The summed E-state index contributed by atoms with van der Waals surface area (Å²) in [5.74, 6) is -4.38. The largest absolute Gasteiger partial charge is 0.490 e. The molecule has 0 heterocycles. The van der Waals surface area contributed by atoms with E-state index in [1.54, 1.807) is 0 Å². The zero-order valence-electron chi connectivity index (χ0n) is 23.8. The van der Waals surface area contributed by atoms with Crippen molar-refractivity contribution in [2.24, 2.45) is 0 Å². The number of ether oxygens (including phenoxy) is 1. The summed E-state index contributed by atoms with van der Waals surface area (Å²) in [6.07, 6.45) is -16.2. The summed E-state index contributed by atoms with van der Waals surface area (Å²) in [6, 6.07) is 15.1. The SMILES string of the molecule is O=C(N[C@@H](CCNCc1cc(C(F)(F)F)cc(C(F)(F)F)c1)C(=O)O)OCC1c2ccccc2-c2ccccc21.O=C(O)C(F)(F)F. The first kappa shape index (κ1) is 36.7. The summed E-state index contributed by atoms with van der Waals surface area (Å²) in [6.45, 7) is -0.552. The van der Waals surface area contributed by atoms with E-state index in [2.05, 4.69) is 10.6 Å². The van der Waals surface area contributed by atoms with E-state index < -0.39 is 53.7 Å². The molecule has 0 radical (unpaired) electrons. The molecule has 1 atom stereocenters. The van der Waals surface area contributed by atoms with Crippen LogP contribution in [-0.4, -0.2) is 53.6 Å². The van der Waals surface area contributed by atoms with Crippen LogP contribution in [-0.2, 0) is 33.2 Å². The molecule has 0 saturated carbocycles. The maximum atomic E-state index is 13.0. The molecule has 4 N–H and O–H groups in total. The molecule has 1 aliphatic carbocycles. The molecule has 1 aliphatic rings. The summed E-state index contributed by atoms with van der Waals surface area (Å²) >= 11 is 0. The Kier molecular flexibility index (Phi) is 11.5. The lowest BCUT2D eigenvalue weighted by Crippen LogP contribution is -2.43. The van der Waals surface area contributed by atoms with Crippen LogP contribution in [0.3, 0.4) is 0 Å². The molecule has 8 nitrogen and oxygen atoms in total. The Hall–Kier alpha value is -4.80. The second-order valence-electron chi connectivity index (χ2n) is 10.0. The minimum atomic E-state index is -5.08. The number of amides is 1. The van der Waals surface area contributed by atoms with Gasteiger partial charge in [-0.2, -0.15) is 39.5 Å². The fourth-order valence-corrected chi connectivity index (χ4v) is 4.64. The molecule has 3 aromatic rings. The number of alkyl halides is 9. The van der Waals surface area contributed by atoms with E-state index in [4.69, 9.17) is 14.6 Å². The number of carbonyl (C=O) groups is 3. The molecule has 47 heavy (non-hydrogen) atoms. The van der Waals surface area contributed by atoms with Crippen molar-refractivity contribution in [1.82, 2.24) is 10.6 Å². The number of carboxylic acid groups (broad SMARTS) is 2. The van der Waals surface area contributed by atoms with E-state index in [9.17, 15) is 54.2 Å². The summed E-state index contributed by atoms with van der Waals surface area (Å²) in [5.41, 5.74) is 0.810. The number of carboxylic acids is 2. The minimum Gasteiger partial charge on any atom is -0.480 e. The van der Waals surface area contributed by atoms with Crippen LogP contribution < -0.4 is 10.6 Å². The van der Waals surface area contributed by atoms with Crippen molar-refractivity contribution in [2.45, 2.75) is 43.5 Å². The monoisotopic (exact) mass is 680 g/mol. The van der Waals surface area contributed by atoms with Gasteiger partial charge in [0.1, 0.15) is 12.6 Å². The fourth-order valence-electron chi connectivity index (χ4n) is 4.64. The second-order valence-corrected chi connectivity index (χ2v) is 10.0. The van der Waals surface area contributed by atoms with Crippen LogP contribution in [0.5, 0.6) is 0 Å². The number of nitrogens with one attached hydrogen (secondary N) is 2. The molecule has 254 valence electrons. The molecule has 3 aromatic carbocycles. The Labute approximate surface area is 260 Å². The fraction of sp³-hybridized carbons (Fsp3) is 0.300. The van der Waals surface area contributed by atoms with Crippen molar-refractivity contribution in [1.29, 1.82) is 0 Å². The number of halogens is 9. The van der Waals surface area contributed by atoms with E-state index in [0.717, 1.165) is 22.3 Å². The highest BCUT2D eigenvalue weighted by atomic mass is 19.4. The van der Waals surface area contributed by atoms with Gasteiger partial charge < -0.3 is 25.6 Å². The lowest BCUT2D eigenvalue weighted by atomic mass is 9.98. The molecule has 0 unspecified atom stereocenters. The number of hydrogen-bond donors (Lipinski definition) is 4. The van der Waals surface area contributed by atoms with Gasteiger partial charge in [-0.25, -0.2) is 14.4 Å². The van der Waals surface area contributed by atoms with Crippen molar-refractivity contribution >= 4 is 18.0 Å². The summed E-state index contributed by atoms with van der Waals surface area (Å²) in [4.78, 5) is 33.0. The third-order valence-electron chi connectivity index (χ3n) is 6.76. The van der Waals surface area contributed by atoms with Gasteiger partial charge in [0.25, 0.3) is 0 Å². The van der Waals surface area contributed by atoms with Crippen molar-refractivity contribution in [2.75, 3.05) is 13.2 Å². The summed E-state index contributed by atoms with van der Waals surface area (Å²) < 4.78 is 115. The number of carbonyl (C=O) groups excluding carboxylic acids is 1. The molecule has 0 aliphatic heterocycles. The number of benzene rings is 3. The molecule has 17 heteroatoms. The number of alkyl carbamates (subject to hydrolysis) is 1. The standard InChI is InChI=1S/C28H24F6N2O4.C2HF3O2/c29-27(30,31)17-11-16(12-18(13-17)28(32,33)34)14-35-10-9-24(25(37)38)36-26(39)40-15-23-21-7-3-1-5-19(21)20-6-2-4-8-22(20)23;3-2(4,5)1(6)7/h1-8,11-13,23-24,35H,9-10,14-15H2,(H,36,39)(H,37,38);(H,6,7)/t24-;/m0./s1. The first-order valence-corrected chi connectivity index (χ1v) is 13.4. The third-order valence-corrected chi connectivity index (χ3v) is 6.76. The van der Waals surface area contributed by atoms with Gasteiger partial charge in [0.2, 0.25) is 0 Å². The smallest absolute Gasteiger partial charge is 0.480 e. The Bertz CT molecular complexity index is 1510. The molecular formula is C30H25F9N2O6. The van der Waals surface area contributed by atoms with Crippen LogP contribution in [0.2, 0.25) is 0 Å². The van der Waals surface area contributed by atoms with E-state index >= 15 is 0 Å². The average molecular weight is 681 g/mol. The van der Waals surface area contributed by atoms with Crippen LogP contribution in [0.15, 0.2) is 66.7 Å². The third kappa shape index (κ3) is 10.1. The van der Waals surface area contributed by atoms with Crippen molar-refractivity contribution < 1.29 is 68.8 Å². The van der Waals surface area contributed by atoms with Crippen LogP contribution in [0.25, 0.3) is 11.1 Å². The van der Waals surface area contributed by atoms with Gasteiger partial charge in [-0.3, -0.25) is 0 Å². The highest BCUT2D eigenvalue weighted by molar-refractivity contribution is 5.81. The van der Waals surface area contributed by atoms with Gasteiger partial charge in [0, 0.05) is 12.5 Å². The van der Waals surface area contributed by atoms with E-state index in [0.29, 0.717) is 12.1 Å². The molecule has 4 rings (SSSR count). The van der Waals surface area contributed by atoms with Gasteiger partial charge in [0.05, 0.1) is 11.1 Å². The number of hydrogen-bond acceptors (Lipinski definition) is 5. The molecule has 1 amide bonds. The maximum absolute atomic E-state index is 13.0. The normalized spacial score (nSPS) is 13.5. The molecular weight excluding hydrogens is 655 g/mol. The summed E-state index contributed by atoms with van der Waals surface area (Å²) in [7, 11) is 0. The Balaban J connectivity index is 0.000000771. The quantitative estimate of drug-likeness (QED) is 0.144. The topological polar surface area (TPSA) is 125 Å². The lowest BCUT2D eigenvalue weighted by molar-refractivity contribution is -0.192. The first-order valence-electron chi connectivity index (χ1n) is 13.4. The highest BCUT2D eigenvalue weighted by Crippen LogP contribution is 2.44. The van der Waals surface area contributed by atoms with Crippen molar-refractivity contribution in [3.8, 4) is 11.1 Å². The molecule has 0 aromatic heterocycles. The molecule has 0 bridgehead atoms. The molecule has 0 fully saturated rings. The number of aliphatic carboxylic acids is 2. The predicted molar refractivity (Wildman–Crippen MR) is 146 cm³/mol. The second kappa shape index (κ2) is 14.7. The van der Waals surface area contributed by atoms with E-state index in [1.807, 2.05) is 48.5 Å². The van der Waals surface area contributed by atoms with Crippen molar-refractivity contribution in [3.05, 3.63) is 94.5 Å². The van der Waals surface area contributed by atoms with Crippen LogP contribution in [0.1, 0.15) is 40.2 Å². The van der Waals surface area contributed by atoms with E-state index in [1.165, 1.54) is 0 Å². The van der Waals surface area contributed by atoms with Crippen molar-refractivity contribution in [3.63, 3.8) is 0 Å².